The summed E-state index contributed by atoms with van der Waals surface area (Å²) in [6.07, 6.45) is 3.55. The molecule has 11 heteroatoms. The van der Waals surface area contributed by atoms with Crippen LogP contribution in [0.15, 0.2) is 15.5 Å². The van der Waals surface area contributed by atoms with Gasteiger partial charge in [0.1, 0.15) is 0 Å². The van der Waals surface area contributed by atoms with Crippen LogP contribution in [0.2, 0.25) is 0 Å². The van der Waals surface area contributed by atoms with Crippen molar-refractivity contribution in [3.63, 3.8) is 0 Å². The van der Waals surface area contributed by atoms with E-state index in [1.54, 1.807) is 6.07 Å². The minimum Gasteiger partial charge on any atom is -0.340 e. The fraction of sp³-hybridized carbons (Fsp3) is 0.682. The van der Waals surface area contributed by atoms with Gasteiger partial charge in [0.05, 0.1) is 15.7 Å². The predicted molar refractivity (Wildman–Crippen MR) is 124 cm³/mol. The lowest BCUT2D eigenvalue weighted by Crippen LogP contribution is -2.52. The molecule has 5 rings (SSSR count). The zero-order valence-corrected chi connectivity index (χ0v) is 20.8. The first-order chi connectivity index (χ1) is 15.9. The molecule has 33 heavy (non-hydrogen) atoms. The average Bonchev–Trinajstić information content (AvgIpc) is 3.43. The van der Waals surface area contributed by atoms with Crippen LogP contribution in [0.5, 0.6) is 0 Å². The summed E-state index contributed by atoms with van der Waals surface area (Å²) in [5, 5.41) is 4.06. The Morgan fingerprint density at radius 2 is 1.94 bits per heavy atom. The Morgan fingerprint density at radius 3 is 2.64 bits per heavy atom. The summed E-state index contributed by atoms with van der Waals surface area (Å²) >= 11 is 1.37. The second kappa shape index (κ2) is 9.09. The first-order valence-corrected chi connectivity index (χ1v) is 14.1. The Balaban J connectivity index is 1.30. The number of piperazine rings is 1. The largest absolute Gasteiger partial charge is 0.340 e. The molecule has 0 radical (unpaired) electrons. The molecule has 0 unspecified atom stereocenters. The number of carbonyl (C=O) groups is 1. The van der Waals surface area contributed by atoms with E-state index in [0.29, 0.717) is 40.4 Å². The summed E-state index contributed by atoms with van der Waals surface area (Å²) in [6, 6.07) is 1.66. The molecule has 2 saturated heterocycles. The monoisotopic (exact) mass is 493 g/mol. The lowest BCUT2D eigenvalue weighted by molar-refractivity contribution is -0.138. The number of rotatable bonds is 6. The van der Waals surface area contributed by atoms with Crippen molar-refractivity contribution in [1.29, 1.82) is 0 Å². The molecule has 1 aliphatic carbocycles. The summed E-state index contributed by atoms with van der Waals surface area (Å²) in [5.74, 6) is 1.25. The molecule has 3 aliphatic rings. The van der Waals surface area contributed by atoms with Crippen molar-refractivity contribution < 1.29 is 17.7 Å². The lowest BCUT2D eigenvalue weighted by atomic mass is 9.98. The first kappa shape index (κ1) is 22.9. The van der Waals surface area contributed by atoms with E-state index in [0.717, 1.165) is 52.0 Å². The predicted octanol–water partition coefficient (Wildman–Crippen LogP) is 2.55. The third-order valence-electron chi connectivity index (χ3n) is 6.94. The number of carbonyl (C=O) groups excluding carboxylic acids is 1. The van der Waals surface area contributed by atoms with Crippen LogP contribution < -0.4 is 0 Å². The SMILES string of the molecule is CCN1CCN(C(=O)[C@H]2CCCN(S(=O)(=O)c3cc(-c4noc(C5CC5)n4)sc3C)C2)CC1. The van der Waals surface area contributed by atoms with Crippen molar-refractivity contribution in [2.45, 2.75) is 50.3 Å². The van der Waals surface area contributed by atoms with Gasteiger partial charge in [0, 0.05) is 50.1 Å². The lowest BCUT2D eigenvalue weighted by Gasteiger charge is -2.38. The van der Waals surface area contributed by atoms with Crippen LogP contribution in [0, 0.1) is 12.8 Å². The Hall–Kier alpha value is -1.82. The molecular weight excluding hydrogens is 462 g/mol. The van der Waals surface area contributed by atoms with Crippen molar-refractivity contribution in [3.8, 4) is 10.7 Å². The molecule has 2 aromatic heterocycles. The molecule has 0 aromatic carbocycles. The molecule has 3 fully saturated rings. The molecule has 0 N–H and O–H groups in total. The Morgan fingerprint density at radius 1 is 1.18 bits per heavy atom. The number of sulfonamides is 1. The van der Waals surface area contributed by atoms with E-state index in [1.165, 1.54) is 15.6 Å². The highest BCUT2D eigenvalue weighted by atomic mass is 32.2. The van der Waals surface area contributed by atoms with Gasteiger partial charge in [0.2, 0.25) is 27.6 Å². The molecular formula is C22H31N5O4S2. The molecule has 0 spiro atoms. The number of nitrogens with zero attached hydrogens (tertiary/aromatic N) is 5. The molecule has 1 saturated carbocycles. The summed E-state index contributed by atoms with van der Waals surface area (Å²) in [7, 11) is -3.71. The fourth-order valence-electron chi connectivity index (χ4n) is 4.71. The van der Waals surface area contributed by atoms with Crippen LogP contribution in [0.1, 0.15) is 49.3 Å². The van der Waals surface area contributed by atoms with Gasteiger partial charge in [-0.25, -0.2) is 8.42 Å². The van der Waals surface area contributed by atoms with E-state index in [9.17, 15) is 13.2 Å². The molecule has 180 valence electrons. The summed E-state index contributed by atoms with van der Waals surface area (Å²) in [6.45, 7) is 8.81. The van der Waals surface area contributed by atoms with Crippen molar-refractivity contribution >= 4 is 27.3 Å². The van der Waals surface area contributed by atoms with Gasteiger partial charge in [0.25, 0.3) is 0 Å². The summed E-state index contributed by atoms with van der Waals surface area (Å²) in [4.78, 5) is 23.5. The van der Waals surface area contributed by atoms with Gasteiger partial charge >= 0.3 is 0 Å². The van der Waals surface area contributed by atoms with Crippen LogP contribution in [0.4, 0.5) is 0 Å². The molecule has 1 amide bonds. The van der Waals surface area contributed by atoms with E-state index < -0.39 is 10.0 Å². The number of likely N-dealkylation sites (N-methyl/N-ethyl adjacent to an activating group) is 1. The smallest absolute Gasteiger partial charge is 0.244 e. The first-order valence-electron chi connectivity index (χ1n) is 11.8. The van der Waals surface area contributed by atoms with Crippen LogP contribution in [0.3, 0.4) is 0 Å². The molecule has 2 aliphatic heterocycles. The average molecular weight is 494 g/mol. The van der Waals surface area contributed by atoms with Crippen molar-refractivity contribution in [1.82, 2.24) is 24.2 Å². The van der Waals surface area contributed by atoms with Crippen LogP contribution in [0.25, 0.3) is 10.7 Å². The normalized spacial score (nSPS) is 23.2. The Labute approximate surface area is 198 Å². The van der Waals surface area contributed by atoms with Crippen LogP contribution in [-0.4, -0.2) is 84.4 Å². The van der Waals surface area contributed by atoms with E-state index in [-0.39, 0.29) is 23.3 Å². The molecule has 0 bridgehead atoms. The fourth-order valence-corrected chi connectivity index (χ4v) is 7.72. The maximum atomic E-state index is 13.5. The highest BCUT2D eigenvalue weighted by Crippen LogP contribution is 2.41. The molecule has 9 nitrogen and oxygen atoms in total. The van der Waals surface area contributed by atoms with E-state index in [4.69, 9.17) is 4.52 Å². The van der Waals surface area contributed by atoms with Gasteiger partial charge in [-0.2, -0.15) is 9.29 Å². The second-order valence-electron chi connectivity index (χ2n) is 9.22. The maximum Gasteiger partial charge on any atom is 0.244 e. The summed E-state index contributed by atoms with van der Waals surface area (Å²) < 4.78 is 33.9. The summed E-state index contributed by atoms with van der Waals surface area (Å²) in [5.41, 5.74) is 0. The minimum absolute atomic E-state index is 0.0905. The van der Waals surface area contributed by atoms with E-state index in [1.807, 2.05) is 11.8 Å². The highest BCUT2D eigenvalue weighted by Gasteiger charge is 2.37. The van der Waals surface area contributed by atoms with Gasteiger partial charge < -0.3 is 14.3 Å². The number of aryl methyl sites for hydroxylation is 1. The van der Waals surface area contributed by atoms with Gasteiger partial charge in [-0.1, -0.05) is 12.1 Å². The van der Waals surface area contributed by atoms with Crippen molar-refractivity contribution in [3.05, 3.63) is 16.8 Å². The zero-order valence-electron chi connectivity index (χ0n) is 19.2. The third-order valence-corrected chi connectivity index (χ3v) is 10.1. The maximum absolute atomic E-state index is 13.5. The number of hydrogen-bond acceptors (Lipinski definition) is 8. The van der Waals surface area contributed by atoms with Gasteiger partial charge in [0.15, 0.2) is 0 Å². The van der Waals surface area contributed by atoms with Gasteiger partial charge in [-0.05, 0) is 45.2 Å². The number of thiophene rings is 1. The molecule has 2 aromatic rings. The molecule has 4 heterocycles. The van der Waals surface area contributed by atoms with E-state index >= 15 is 0 Å². The molecule has 1 atom stereocenters. The van der Waals surface area contributed by atoms with E-state index in [2.05, 4.69) is 22.0 Å². The standard InChI is InChI=1S/C22H31N5O4S2/c1-3-25-9-11-26(12-10-25)22(28)17-5-4-8-27(14-17)33(29,30)19-13-18(32-15(19)2)20-23-21(31-24-20)16-6-7-16/h13,16-17H,3-12,14H2,1-2H3/t17-/m0/s1. The van der Waals surface area contributed by atoms with Gasteiger partial charge in [-0.15, -0.1) is 11.3 Å². The van der Waals surface area contributed by atoms with Crippen molar-refractivity contribution in [2.24, 2.45) is 5.92 Å². The van der Waals surface area contributed by atoms with Crippen molar-refractivity contribution in [2.75, 3.05) is 45.8 Å². The van der Waals surface area contributed by atoms with Crippen LogP contribution >= 0.6 is 11.3 Å². The number of hydrogen-bond donors (Lipinski definition) is 0. The minimum atomic E-state index is -3.71. The zero-order chi connectivity index (χ0) is 23.2. The quantitative estimate of drug-likeness (QED) is 0.610. The van der Waals surface area contributed by atoms with Crippen LogP contribution in [-0.2, 0) is 14.8 Å². The van der Waals surface area contributed by atoms with Gasteiger partial charge in [-0.3, -0.25) is 4.79 Å². The third kappa shape index (κ3) is 4.60. The number of aromatic nitrogens is 2. The topological polar surface area (TPSA) is 99.8 Å². The highest BCUT2D eigenvalue weighted by molar-refractivity contribution is 7.89. The Bertz CT molecular complexity index is 1120. The second-order valence-corrected chi connectivity index (χ2v) is 12.4. The number of amides is 1. The Kier molecular flexibility index (Phi) is 6.32. The number of piperidine rings is 1.